The van der Waals surface area contributed by atoms with Gasteiger partial charge >= 0.3 is 0 Å². The standard InChI is InChI=1S/Co.4H2O.Sn/h;4*1H2;. The molecule has 0 aliphatic carbocycles. The van der Waals surface area contributed by atoms with E-state index in [9.17, 15) is 0 Å². The minimum atomic E-state index is 0. The summed E-state index contributed by atoms with van der Waals surface area (Å²) in [5.41, 5.74) is 0. The summed E-state index contributed by atoms with van der Waals surface area (Å²) < 4.78 is 0. The fraction of sp³-hybridized carbons (Fsp3) is 0. The van der Waals surface area contributed by atoms with Crippen molar-refractivity contribution >= 4 is 23.9 Å². The smallest absolute Gasteiger partial charge is 0 e. The average molecular weight is 250 g/mol. The molecule has 0 aliphatic heterocycles. The quantitative estimate of drug-likeness (QED) is 0.392. The molecule has 0 fully saturated rings. The van der Waals surface area contributed by atoms with Gasteiger partial charge in [0, 0.05) is 40.7 Å². The maximum absolute atomic E-state index is 0. The van der Waals surface area contributed by atoms with Gasteiger partial charge in [-0.05, 0) is 0 Å². The molecular formula is H8CoO4Sn. The van der Waals surface area contributed by atoms with Crippen molar-refractivity contribution in [1.82, 2.24) is 0 Å². The molecule has 0 bridgehead atoms. The Kier molecular flexibility index (Phi) is 4250. The van der Waals surface area contributed by atoms with Crippen LogP contribution in [-0.2, 0) is 16.8 Å². The second-order valence-electron chi connectivity index (χ2n) is 0. The van der Waals surface area contributed by atoms with Crippen molar-refractivity contribution in [3.63, 3.8) is 0 Å². The fourth-order valence-corrected chi connectivity index (χ4v) is 0. The van der Waals surface area contributed by atoms with Crippen LogP contribution in [0.4, 0.5) is 0 Å². The van der Waals surface area contributed by atoms with Crippen LogP contribution < -0.4 is 0 Å². The van der Waals surface area contributed by atoms with Crippen LogP contribution in [0.15, 0.2) is 0 Å². The summed E-state index contributed by atoms with van der Waals surface area (Å²) in [5, 5.41) is 0. The number of hydrogen-bond acceptors (Lipinski definition) is 0. The maximum atomic E-state index is 0. The third kappa shape index (κ3) is 67.4. The zero-order chi connectivity index (χ0) is 0. The zero-order valence-corrected chi connectivity index (χ0v) is 6.73. The average Bonchev–Trinajstić information content (AvgIpc) is 0. The van der Waals surface area contributed by atoms with E-state index in [1.807, 2.05) is 0 Å². The van der Waals surface area contributed by atoms with Crippen LogP contribution in [0.2, 0.25) is 0 Å². The molecule has 0 heterocycles. The normalized spacial score (nSPS) is 0. The second-order valence-corrected chi connectivity index (χ2v) is 0. The van der Waals surface area contributed by atoms with E-state index in [1.54, 1.807) is 0 Å². The van der Waals surface area contributed by atoms with Crippen molar-refractivity contribution in [2.45, 2.75) is 0 Å². The molecule has 0 rings (SSSR count). The Morgan fingerprint density at radius 2 is 0.500 bits per heavy atom. The first-order valence-electron chi connectivity index (χ1n) is 0. The summed E-state index contributed by atoms with van der Waals surface area (Å²) in [7, 11) is 0. The van der Waals surface area contributed by atoms with Gasteiger partial charge < -0.3 is 21.9 Å². The molecule has 4 nitrogen and oxygen atoms in total. The summed E-state index contributed by atoms with van der Waals surface area (Å²) >= 11 is 0. The van der Waals surface area contributed by atoms with Crippen LogP contribution in [-0.4, -0.2) is 45.8 Å². The molecule has 0 unspecified atom stereocenters. The van der Waals surface area contributed by atoms with Crippen LogP contribution in [0.25, 0.3) is 0 Å². The fourth-order valence-electron chi connectivity index (χ4n) is 0. The van der Waals surface area contributed by atoms with E-state index >= 15 is 0 Å². The van der Waals surface area contributed by atoms with Gasteiger partial charge in [-0.1, -0.05) is 0 Å². The van der Waals surface area contributed by atoms with E-state index in [0.717, 1.165) is 0 Å². The van der Waals surface area contributed by atoms with Crippen LogP contribution >= 0.6 is 0 Å². The second kappa shape index (κ2) is 124. The molecular weight excluding hydrogens is 242 g/mol. The Labute approximate surface area is 62.7 Å². The minimum Gasteiger partial charge on any atom is -0.412 e. The molecule has 0 atom stereocenters. The van der Waals surface area contributed by atoms with Gasteiger partial charge in [0.25, 0.3) is 0 Å². The summed E-state index contributed by atoms with van der Waals surface area (Å²) in [6, 6.07) is 0. The molecule has 45 valence electrons. The van der Waals surface area contributed by atoms with Crippen molar-refractivity contribution in [2.75, 3.05) is 0 Å². The van der Waals surface area contributed by atoms with E-state index in [-0.39, 0.29) is 62.6 Å². The molecule has 5 radical (unpaired) electrons. The third-order valence-corrected chi connectivity index (χ3v) is 0. The van der Waals surface area contributed by atoms with Crippen LogP contribution in [0.1, 0.15) is 0 Å². The predicted octanol–water partition coefficient (Wildman–Crippen LogP) is -3.68. The monoisotopic (exact) mass is 251 g/mol. The van der Waals surface area contributed by atoms with Crippen molar-refractivity contribution in [1.29, 1.82) is 0 Å². The number of hydrogen-bond donors (Lipinski definition) is 0. The molecule has 0 saturated heterocycles. The SMILES string of the molecule is O.O.O.O.[Co].[Sn]. The Morgan fingerprint density at radius 1 is 0.500 bits per heavy atom. The largest absolute Gasteiger partial charge is 0.412 e. The number of rotatable bonds is 0. The molecule has 0 aromatic heterocycles. The molecule has 0 saturated carbocycles. The molecule has 0 aliphatic rings. The van der Waals surface area contributed by atoms with Gasteiger partial charge in [-0.25, -0.2) is 0 Å². The van der Waals surface area contributed by atoms with Crippen LogP contribution in [0.3, 0.4) is 0 Å². The van der Waals surface area contributed by atoms with Crippen LogP contribution in [0.5, 0.6) is 0 Å². The molecule has 0 amide bonds. The van der Waals surface area contributed by atoms with Crippen molar-refractivity contribution < 1.29 is 38.7 Å². The van der Waals surface area contributed by atoms with Gasteiger partial charge in [0.15, 0.2) is 0 Å². The summed E-state index contributed by atoms with van der Waals surface area (Å²) in [4.78, 5) is 0. The van der Waals surface area contributed by atoms with Gasteiger partial charge in [0.2, 0.25) is 0 Å². The first kappa shape index (κ1) is 206. The Bertz CT molecular complexity index is 7.51. The predicted molar refractivity (Wildman–Crippen MR) is 20.2 cm³/mol. The molecule has 6 heteroatoms. The summed E-state index contributed by atoms with van der Waals surface area (Å²) in [6.07, 6.45) is 0. The molecule has 0 aromatic carbocycles. The van der Waals surface area contributed by atoms with Crippen molar-refractivity contribution in [3.05, 3.63) is 0 Å². The maximum Gasteiger partial charge on any atom is 0 e. The Morgan fingerprint density at radius 3 is 0.500 bits per heavy atom. The van der Waals surface area contributed by atoms with Crippen LogP contribution in [0, 0.1) is 0 Å². The van der Waals surface area contributed by atoms with E-state index in [4.69, 9.17) is 0 Å². The minimum absolute atomic E-state index is 0. The topological polar surface area (TPSA) is 126 Å². The van der Waals surface area contributed by atoms with E-state index in [1.165, 1.54) is 0 Å². The zero-order valence-electron chi connectivity index (χ0n) is 2.83. The van der Waals surface area contributed by atoms with Gasteiger partial charge in [-0.15, -0.1) is 0 Å². The first-order valence-corrected chi connectivity index (χ1v) is 0. The Balaban J connectivity index is 0. The van der Waals surface area contributed by atoms with E-state index < -0.39 is 0 Å². The third-order valence-electron chi connectivity index (χ3n) is 0. The van der Waals surface area contributed by atoms with Gasteiger partial charge in [0.1, 0.15) is 0 Å². The van der Waals surface area contributed by atoms with E-state index in [0.29, 0.717) is 0 Å². The first-order chi connectivity index (χ1) is 0. The van der Waals surface area contributed by atoms with Gasteiger partial charge in [-0.3, -0.25) is 0 Å². The Hall–Kier alpha value is 1.15. The van der Waals surface area contributed by atoms with E-state index in [2.05, 4.69) is 0 Å². The molecule has 6 heavy (non-hydrogen) atoms. The molecule has 8 N–H and O–H groups in total. The van der Waals surface area contributed by atoms with Gasteiger partial charge in [0.05, 0.1) is 0 Å². The van der Waals surface area contributed by atoms with Gasteiger partial charge in [-0.2, -0.15) is 0 Å². The van der Waals surface area contributed by atoms with Crippen molar-refractivity contribution in [3.8, 4) is 0 Å². The van der Waals surface area contributed by atoms with Crippen molar-refractivity contribution in [2.24, 2.45) is 0 Å². The summed E-state index contributed by atoms with van der Waals surface area (Å²) in [6.45, 7) is 0. The molecule has 0 spiro atoms. The molecule has 0 aromatic rings. The summed E-state index contributed by atoms with van der Waals surface area (Å²) in [5.74, 6) is 0.